The van der Waals surface area contributed by atoms with Crippen molar-refractivity contribution in [3.8, 4) is 29.1 Å². The summed E-state index contributed by atoms with van der Waals surface area (Å²) in [6, 6.07) is 22.3. The monoisotopic (exact) mass is 730 g/mol. The van der Waals surface area contributed by atoms with Crippen molar-refractivity contribution in [3.05, 3.63) is 121 Å². The van der Waals surface area contributed by atoms with Gasteiger partial charge in [0, 0.05) is 44.4 Å². The van der Waals surface area contributed by atoms with Gasteiger partial charge in [-0.2, -0.15) is 15.6 Å². The van der Waals surface area contributed by atoms with Crippen molar-refractivity contribution in [1.29, 1.82) is 10.5 Å². The normalized spacial score (nSPS) is 11.8. The molecule has 268 valence electrons. The molecule has 0 unspecified atom stereocenters. The van der Waals surface area contributed by atoms with E-state index in [2.05, 4.69) is 30.5 Å². The second kappa shape index (κ2) is 17.4. The van der Waals surface area contributed by atoms with E-state index in [1.165, 1.54) is 0 Å². The summed E-state index contributed by atoms with van der Waals surface area (Å²) in [6.45, 7) is 0. The molecule has 19 heteroatoms. The second-order valence-electron chi connectivity index (χ2n) is 10.4. The molecule has 0 fully saturated rings. The minimum absolute atomic E-state index is 0.395. The molecule has 12 nitrogen and oxygen atoms in total. The van der Waals surface area contributed by atoms with E-state index in [1.54, 1.807) is 47.8 Å². The fraction of sp³-hybridized carbons (Fsp3) is 0.125. The van der Waals surface area contributed by atoms with Crippen molar-refractivity contribution in [1.82, 2.24) is 34.6 Å². The Labute approximate surface area is 289 Å². The molecule has 5 heterocycles. The molecule has 0 aliphatic carbocycles. The number of halogens is 6. The van der Waals surface area contributed by atoms with E-state index in [0.29, 0.717) is 11.4 Å². The number of rotatable bonds is 6. The van der Waals surface area contributed by atoms with Crippen molar-refractivity contribution in [3.63, 3.8) is 0 Å². The van der Waals surface area contributed by atoms with E-state index in [9.17, 15) is 25.2 Å². The summed E-state index contributed by atoms with van der Waals surface area (Å²) in [5.41, 5.74) is 8.36. The zero-order chi connectivity index (χ0) is 38.1. The van der Waals surface area contributed by atoms with Gasteiger partial charge in [0.25, 0.3) is 0 Å². The summed E-state index contributed by atoms with van der Waals surface area (Å²) in [6.07, 6.45) is 14.3. The number of nitrogens with zero attached hydrogens (tertiary/aromatic N) is 10. The van der Waals surface area contributed by atoms with Gasteiger partial charge in [0.2, 0.25) is 0 Å². The maximum Gasteiger partial charge on any atom is 0.141 e. The SMILES string of the molecule is CN(C)/C=C(\C=[N+](C)C)c1cccc(C#N)n1.F[P-](F)(F)(F)(F)F.N#Cc1cccc(-c2cnn(-c3cccnc3)c2)n1.NNc1cccnc1. The Hall–Kier alpha value is -6.23. The van der Waals surface area contributed by atoms with Crippen LogP contribution in [-0.2, 0) is 0 Å². The first kappa shape index (κ1) is 40.9. The number of hydrazine groups is 1. The molecule has 51 heavy (non-hydrogen) atoms. The molecule has 3 N–H and O–H groups in total. The van der Waals surface area contributed by atoms with Crippen molar-refractivity contribution < 1.29 is 29.8 Å². The smallest absolute Gasteiger partial charge is 0.141 e. The van der Waals surface area contributed by atoms with Crippen LogP contribution in [0.3, 0.4) is 0 Å². The Balaban J connectivity index is 0.000000256. The number of nitrogens with two attached hydrogens (primary N) is 1. The van der Waals surface area contributed by atoms with Gasteiger partial charge < -0.3 is 10.3 Å². The molecule has 5 aromatic rings. The van der Waals surface area contributed by atoms with E-state index in [1.807, 2.05) is 117 Å². The van der Waals surface area contributed by atoms with Gasteiger partial charge in [-0.1, -0.05) is 12.1 Å². The number of nitrogens with one attached hydrogen (secondary N) is 1. The fourth-order valence-corrected chi connectivity index (χ4v) is 3.57. The van der Waals surface area contributed by atoms with E-state index >= 15 is 0 Å². The van der Waals surface area contributed by atoms with Crippen LogP contribution in [0, 0.1) is 22.7 Å². The average Bonchev–Trinajstić information content (AvgIpc) is 3.58. The number of allylic oxidation sites excluding steroid dienone is 1. The summed E-state index contributed by atoms with van der Waals surface area (Å²) in [7, 11) is -2.83. The fourth-order valence-electron chi connectivity index (χ4n) is 3.57. The van der Waals surface area contributed by atoms with Gasteiger partial charge in [0.1, 0.15) is 37.6 Å². The molecular weight excluding hydrogens is 697 g/mol. The summed E-state index contributed by atoms with van der Waals surface area (Å²) in [5.74, 6) is 5.06. The minimum Gasteiger partial charge on any atom is -0.323 e. The van der Waals surface area contributed by atoms with E-state index < -0.39 is 7.81 Å². The Morgan fingerprint density at radius 1 is 0.843 bits per heavy atom. The first-order valence-corrected chi connectivity index (χ1v) is 16.3. The van der Waals surface area contributed by atoms with Crippen LogP contribution in [0.15, 0.2) is 104 Å². The van der Waals surface area contributed by atoms with Crippen LogP contribution in [0.4, 0.5) is 30.9 Å². The van der Waals surface area contributed by atoms with Crippen LogP contribution >= 0.6 is 7.81 Å². The van der Waals surface area contributed by atoms with Crippen molar-refractivity contribution in [2.24, 2.45) is 5.84 Å². The molecule has 5 aromatic heterocycles. The zero-order valence-electron chi connectivity index (χ0n) is 27.7. The van der Waals surface area contributed by atoms with Crippen LogP contribution in [0.25, 0.3) is 22.5 Å². The first-order valence-electron chi connectivity index (χ1n) is 14.3. The van der Waals surface area contributed by atoms with Crippen molar-refractivity contribution in [2.45, 2.75) is 0 Å². The number of hydrogen-bond acceptors (Lipinski definition) is 10. The summed E-state index contributed by atoms with van der Waals surface area (Å²) in [5, 5.41) is 22.0. The van der Waals surface area contributed by atoms with Gasteiger partial charge in [-0.15, -0.1) is 0 Å². The molecule has 0 bridgehead atoms. The third kappa shape index (κ3) is 18.2. The van der Waals surface area contributed by atoms with Crippen LogP contribution < -0.4 is 11.3 Å². The Morgan fingerprint density at radius 2 is 1.43 bits per heavy atom. The second-order valence-corrected chi connectivity index (χ2v) is 12.3. The van der Waals surface area contributed by atoms with Crippen LogP contribution in [-0.4, -0.2) is 73.6 Å². The van der Waals surface area contributed by atoms with Crippen molar-refractivity contribution >= 4 is 25.3 Å². The van der Waals surface area contributed by atoms with Crippen LogP contribution in [0.1, 0.15) is 17.1 Å². The third-order valence-corrected chi connectivity index (χ3v) is 5.43. The molecular formula is C32H33F6N12P. The zero-order valence-corrected chi connectivity index (χ0v) is 28.6. The first-order chi connectivity index (χ1) is 23.8. The van der Waals surface area contributed by atoms with Gasteiger partial charge in [0.15, 0.2) is 6.21 Å². The predicted molar refractivity (Wildman–Crippen MR) is 184 cm³/mol. The van der Waals surface area contributed by atoms with E-state index in [0.717, 1.165) is 33.9 Å². The van der Waals surface area contributed by atoms with Gasteiger partial charge in [-0.05, 0) is 48.5 Å². The van der Waals surface area contributed by atoms with E-state index in [-0.39, 0.29) is 0 Å². The van der Waals surface area contributed by atoms with Gasteiger partial charge >= 0.3 is 33.0 Å². The van der Waals surface area contributed by atoms with E-state index in [4.69, 9.17) is 16.4 Å². The number of anilines is 1. The molecule has 5 rings (SSSR count). The molecule has 0 saturated heterocycles. The summed E-state index contributed by atoms with van der Waals surface area (Å²) >= 11 is 0. The Kier molecular flexibility index (Phi) is 14.0. The maximum absolute atomic E-state index is 10.7. The minimum atomic E-state index is -10.7. The maximum atomic E-state index is 9.87. The number of nitrogen functional groups attached to an aromatic ring is 1. The molecule has 0 amide bonds. The molecule has 0 saturated carbocycles. The topological polar surface area (TPSA) is 161 Å². The molecule has 0 radical (unpaired) electrons. The van der Waals surface area contributed by atoms with Gasteiger partial charge in [-0.25, -0.2) is 19.2 Å². The quantitative estimate of drug-likeness (QED) is 0.0459. The van der Waals surface area contributed by atoms with Gasteiger partial charge in [-0.3, -0.25) is 15.8 Å². The van der Waals surface area contributed by atoms with Crippen molar-refractivity contribution in [2.75, 3.05) is 33.6 Å². The molecule has 0 atom stereocenters. The predicted octanol–water partition coefficient (Wildman–Crippen LogP) is 7.15. The van der Waals surface area contributed by atoms with Crippen LogP contribution in [0.5, 0.6) is 0 Å². The average molecular weight is 731 g/mol. The standard InChI is InChI=1S/C14H9N5.C13H17N4.C5H7N3.F6P/c15-7-12-3-1-5-14(18-12)11-8-17-19(10-11)13-4-2-6-16-9-13;1-16(2)9-11(10-17(3)4)13-7-5-6-12(8-14)15-13;6-8-5-2-1-3-7-4-5;1-7(2,3,4,5)6/h1-6,8-10H;5-7,9-10H,1-4H3;1-4,8H,6H2;/q;+1;;-1. The van der Waals surface area contributed by atoms with Crippen LogP contribution in [0.2, 0.25) is 0 Å². The number of hydrogen-bond donors (Lipinski definition) is 2. The summed E-state index contributed by atoms with van der Waals surface area (Å²) in [4.78, 5) is 18.3. The molecule has 0 aromatic carbocycles. The Morgan fingerprint density at radius 3 is 1.92 bits per heavy atom. The van der Waals surface area contributed by atoms with Gasteiger partial charge in [0.05, 0.1) is 46.9 Å². The molecule has 0 aliphatic heterocycles. The largest absolute Gasteiger partial charge is 0.323 e. The molecule has 0 spiro atoms. The number of aromatic nitrogens is 6. The number of pyridine rings is 4. The number of nitriles is 2. The Bertz CT molecular complexity index is 1990. The summed E-state index contributed by atoms with van der Waals surface area (Å²) < 4.78 is 62.9. The molecule has 0 aliphatic rings. The third-order valence-electron chi connectivity index (χ3n) is 5.43.